The Kier molecular flexibility index (Phi) is 8.37. The number of anilines is 3. The van der Waals surface area contributed by atoms with Gasteiger partial charge in [-0.25, -0.2) is 27.5 Å². The maximum Gasteiger partial charge on any atom is 0.320 e. The van der Waals surface area contributed by atoms with Crippen molar-refractivity contribution in [3.05, 3.63) is 41.4 Å². The van der Waals surface area contributed by atoms with E-state index in [-0.39, 0.29) is 35.4 Å². The van der Waals surface area contributed by atoms with Crippen molar-refractivity contribution >= 4 is 44.9 Å². The third kappa shape index (κ3) is 7.72. The molecule has 4 rings (SSSR count). The number of esters is 1. The highest BCUT2D eigenvalue weighted by atomic mass is 35.5. The van der Waals surface area contributed by atoms with E-state index in [4.69, 9.17) is 16.3 Å². The van der Waals surface area contributed by atoms with Gasteiger partial charge in [-0.2, -0.15) is 0 Å². The van der Waals surface area contributed by atoms with Crippen LogP contribution in [0.2, 0.25) is 5.02 Å². The molecule has 0 unspecified atom stereocenters. The van der Waals surface area contributed by atoms with Gasteiger partial charge < -0.3 is 15.4 Å². The Morgan fingerprint density at radius 2 is 1.86 bits per heavy atom. The molecule has 0 amide bonds. The molecule has 1 aliphatic carbocycles. The number of sulfonamides is 1. The first-order chi connectivity index (χ1) is 16.8. The number of carbonyl (C=O) groups excluding carboxylic acids is 1. The molecule has 1 aromatic carbocycles. The molecule has 35 heavy (non-hydrogen) atoms. The van der Waals surface area contributed by atoms with E-state index in [1.54, 1.807) is 17.0 Å². The number of carbonyl (C=O) groups is 1. The molecule has 3 N–H and O–H groups in total. The predicted octanol–water partition coefficient (Wildman–Crippen LogP) is 2.51. The Morgan fingerprint density at radius 3 is 2.60 bits per heavy atom. The number of nitrogens with zero attached hydrogens (tertiary/aromatic N) is 3. The lowest BCUT2D eigenvalue weighted by atomic mass is 9.92. The van der Waals surface area contributed by atoms with E-state index in [0.717, 1.165) is 12.8 Å². The lowest BCUT2D eigenvalue weighted by molar-refractivity contribution is -0.150. The molecule has 1 saturated carbocycles. The molecule has 0 radical (unpaired) electrons. The van der Waals surface area contributed by atoms with Gasteiger partial charge in [0, 0.05) is 36.9 Å². The molecule has 0 spiro atoms. The summed E-state index contributed by atoms with van der Waals surface area (Å²) in [5.41, 5.74) is 0.606. The molecule has 1 saturated heterocycles. The average Bonchev–Trinajstić information content (AvgIpc) is 2.82. The van der Waals surface area contributed by atoms with Crippen LogP contribution in [0.5, 0.6) is 0 Å². The Morgan fingerprint density at radius 1 is 1.11 bits per heavy atom. The van der Waals surface area contributed by atoms with Crippen molar-refractivity contribution in [3.8, 4) is 0 Å². The van der Waals surface area contributed by atoms with Crippen LogP contribution in [0.1, 0.15) is 25.7 Å². The van der Waals surface area contributed by atoms with Crippen LogP contribution in [0.3, 0.4) is 0 Å². The smallest absolute Gasteiger partial charge is 0.320 e. The predicted molar refractivity (Wildman–Crippen MR) is 131 cm³/mol. The number of halogens is 2. The number of nitrogens with one attached hydrogen (secondary N) is 3. The van der Waals surface area contributed by atoms with Gasteiger partial charge in [-0.05, 0) is 43.9 Å². The monoisotopic (exact) mass is 526 g/mol. The number of hydrogen-bond acceptors (Lipinski definition) is 9. The summed E-state index contributed by atoms with van der Waals surface area (Å²) >= 11 is 5.83. The van der Waals surface area contributed by atoms with Crippen LogP contribution in [0.15, 0.2) is 30.6 Å². The number of aromatic nitrogens is 2. The van der Waals surface area contributed by atoms with Crippen LogP contribution in [0.25, 0.3) is 0 Å². The maximum absolute atomic E-state index is 13.4. The molecule has 2 aliphatic rings. The van der Waals surface area contributed by atoms with Crippen molar-refractivity contribution in [1.82, 2.24) is 19.6 Å². The fraction of sp³-hybridized carbons (Fsp3) is 0.500. The topological polar surface area (TPSA) is 126 Å². The van der Waals surface area contributed by atoms with Crippen LogP contribution >= 0.6 is 11.6 Å². The first-order valence-corrected chi connectivity index (χ1v) is 13.5. The van der Waals surface area contributed by atoms with Crippen LogP contribution in [0, 0.1) is 5.82 Å². The number of hydrogen-bond donors (Lipinski definition) is 3. The summed E-state index contributed by atoms with van der Waals surface area (Å²) in [7, 11) is -3.44. The lowest BCUT2D eigenvalue weighted by Crippen LogP contribution is -2.45. The largest absolute Gasteiger partial charge is 0.463 e. The zero-order chi connectivity index (χ0) is 24.8. The van der Waals surface area contributed by atoms with Crippen molar-refractivity contribution < 1.29 is 22.3 Å². The third-order valence-electron chi connectivity index (χ3n) is 5.98. The summed E-state index contributed by atoms with van der Waals surface area (Å²) in [5, 5.41) is 6.47. The van der Waals surface area contributed by atoms with E-state index in [2.05, 4.69) is 25.3 Å². The van der Waals surface area contributed by atoms with Gasteiger partial charge in [-0.3, -0.25) is 9.69 Å². The van der Waals surface area contributed by atoms with E-state index in [1.807, 2.05) is 0 Å². The lowest BCUT2D eigenvalue weighted by Gasteiger charge is -2.30. The molecule has 2 fully saturated rings. The second kappa shape index (κ2) is 11.5. The molecular weight excluding hydrogens is 499 g/mol. The summed E-state index contributed by atoms with van der Waals surface area (Å²) in [5.74, 6) is 0.315. The van der Waals surface area contributed by atoms with Gasteiger partial charge in [-0.1, -0.05) is 11.6 Å². The molecule has 1 aliphatic heterocycles. The van der Waals surface area contributed by atoms with Crippen LogP contribution in [-0.2, 0) is 19.6 Å². The fourth-order valence-corrected chi connectivity index (χ4v) is 5.68. The van der Waals surface area contributed by atoms with Gasteiger partial charge in [0.15, 0.2) is 0 Å². The van der Waals surface area contributed by atoms with E-state index in [0.29, 0.717) is 49.9 Å². The first-order valence-electron chi connectivity index (χ1n) is 11.4. The minimum absolute atomic E-state index is 0.0194. The normalized spacial score (nSPS) is 21.4. The summed E-state index contributed by atoms with van der Waals surface area (Å²) < 4.78 is 46.0. The molecule has 2 heterocycles. The Hall–Kier alpha value is -2.54. The molecular formula is C22H28ClFN6O4S. The summed E-state index contributed by atoms with van der Waals surface area (Å²) in [6, 6.07) is 6.12. The van der Waals surface area contributed by atoms with Crippen molar-refractivity contribution in [2.24, 2.45) is 0 Å². The highest BCUT2D eigenvalue weighted by molar-refractivity contribution is 7.89. The van der Waals surface area contributed by atoms with Gasteiger partial charge in [0.1, 0.15) is 30.4 Å². The third-order valence-corrected chi connectivity index (χ3v) is 7.69. The van der Waals surface area contributed by atoms with Crippen molar-refractivity contribution in [2.75, 3.05) is 42.6 Å². The number of benzene rings is 1. The molecule has 1 aromatic heterocycles. The van der Waals surface area contributed by atoms with Crippen LogP contribution < -0.4 is 15.4 Å². The molecule has 13 heteroatoms. The maximum atomic E-state index is 13.4. The van der Waals surface area contributed by atoms with Crippen LogP contribution in [-0.4, -0.2) is 73.3 Å². The number of cyclic esters (lactones) is 1. The average molecular weight is 527 g/mol. The molecule has 0 bridgehead atoms. The molecule has 2 aromatic rings. The highest BCUT2D eigenvalue weighted by Gasteiger charge is 2.26. The molecule has 190 valence electrons. The zero-order valence-electron chi connectivity index (χ0n) is 19.0. The highest BCUT2D eigenvalue weighted by Crippen LogP contribution is 2.25. The standard InChI is InChI=1S/C22H28ClFN6O4S/c23-18-11-17(5-6-19(18)24)28-21-12-20(25-14-26-21)27-15-1-3-16(4-2-15)29-35(32,33)10-8-30-7-9-34-22(31)13-30/h5-6,11-12,14-16,29H,1-4,7-10,13H2,(H2,25,26,27,28). The van der Waals surface area contributed by atoms with E-state index in [1.165, 1.54) is 18.5 Å². The Bertz CT molecular complexity index is 1150. The van der Waals surface area contributed by atoms with Crippen molar-refractivity contribution in [2.45, 2.75) is 37.8 Å². The number of morpholine rings is 1. The van der Waals surface area contributed by atoms with Gasteiger partial charge in [0.25, 0.3) is 0 Å². The van der Waals surface area contributed by atoms with E-state index >= 15 is 0 Å². The molecule has 0 atom stereocenters. The van der Waals surface area contributed by atoms with Crippen LogP contribution in [0.4, 0.5) is 21.7 Å². The quantitative estimate of drug-likeness (QED) is 0.422. The molecule has 10 nitrogen and oxygen atoms in total. The van der Waals surface area contributed by atoms with Crippen molar-refractivity contribution in [3.63, 3.8) is 0 Å². The second-order valence-corrected chi connectivity index (χ2v) is 10.9. The summed E-state index contributed by atoms with van der Waals surface area (Å²) in [6.45, 7) is 1.28. The van der Waals surface area contributed by atoms with Gasteiger partial charge >= 0.3 is 5.97 Å². The minimum Gasteiger partial charge on any atom is -0.463 e. The summed E-state index contributed by atoms with van der Waals surface area (Å²) in [6.07, 6.45) is 4.41. The Labute approximate surface area is 208 Å². The second-order valence-electron chi connectivity index (χ2n) is 8.67. The first kappa shape index (κ1) is 25.5. The fourth-order valence-electron chi connectivity index (χ4n) is 4.14. The van der Waals surface area contributed by atoms with E-state index < -0.39 is 15.8 Å². The summed E-state index contributed by atoms with van der Waals surface area (Å²) in [4.78, 5) is 21.6. The number of rotatable bonds is 9. The van der Waals surface area contributed by atoms with Gasteiger partial charge in [0.05, 0.1) is 17.3 Å². The number of ether oxygens (including phenoxy) is 1. The zero-order valence-corrected chi connectivity index (χ0v) is 20.6. The van der Waals surface area contributed by atoms with Gasteiger partial charge in [-0.15, -0.1) is 0 Å². The van der Waals surface area contributed by atoms with Gasteiger partial charge in [0.2, 0.25) is 10.0 Å². The Balaban J connectivity index is 1.22. The van der Waals surface area contributed by atoms with E-state index in [9.17, 15) is 17.6 Å². The van der Waals surface area contributed by atoms with Crippen molar-refractivity contribution in [1.29, 1.82) is 0 Å². The SMILES string of the molecule is O=C1CN(CCS(=O)(=O)NC2CCC(Nc3cc(Nc4ccc(F)c(Cl)c4)ncn3)CC2)CCO1. The minimum atomic E-state index is -3.44.